The van der Waals surface area contributed by atoms with Gasteiger partial charge in [-0.15, -0.1) is 0 Å². The second kappa shape index (κ2) is 4.34. The van der Waals surface area contributed by atoms with Crippen molar-refractivity contribution in [2.45, 2.75) is 20.0 Å². The summed E-state index contributed by atoms with van der Waals surface area (Å²) in [6.45, 7) is 3.71. The molecule has 17 heavy (non-hydrogen) atoms. The van der Waals surface area contributed by atoms with E-state index >= 15 is 0 Å². The van der Waals surface area contributed by atoms with Gasteiger partial charge in [-0.05, 0) is 19.9 Å². The summed E-state index contributed by atoms with van der Waals surface area (Å²) in [6, 6.07) is 5.03. The van der Waals surface area contributed by atoms with E-state index in [1.807, 2.05) is 13.8 Å². The first-order valence-corrected chi connectivity index (χ1v) is 5.64. The van der Waals surface area contributed by atoms with Crippen LogP contribution in [0.2, 0.25) is 5.02 Å². The van der Waals surface area contributed by atoms with E-state index in [-0.39, 0.29) is 16.7 Å². The van der Waals surface area contributed by atoms with Gasteiger partial charge in [-0.1, -0.05) is 23.7 Å². The highest BCUT2D eigenvalue weighted by Gasteiger charge is 2.29. The van der Waals surface area contributed by atoms with Gasteiger partial charge in [0, 0.05) is 11.6 Å². The first-order valence-electron chi connectivity index (χ1n) is 5.26. The average molecular weight is 251 g/mol. The third-order valence-corrected chi connectivity index (χ3v) is 2.67. The molecular formula is C13H11ClO3. The van der Waals surface area contributed by atoms with E-state index in [4.69, 9.17) is 16.3 Å². The molecule has 0 unspecified atom stereocenters. The van der Waals surface area contributed by atoms with Crippen molar-refractivity contribution in [1.82, 2.24) is 0 Å². The van der Waals surface area contributed by atoms with Crippen LogP contribution in [0.1, 0.15) is 29.8 Å². The van der Waals surface area contributed by atoms with Crippen molar-refractivity contribution in [2.75, 3.05) is 0 Å². The Labute approximate surface area is 104 Å². The normalized spacial score (nSPS) is 14.7. The largest absolute Gasteiger partial charge is 0.490 e. The maximum absolute atomic E-state index is 11.7. The number of rotatable bonds is 2. The number of fused-ring (bicyclic) bond motifs is 1. The van der Waals surface area contributed by atoms with Crippen LogP contribution in [0.5, 0.6) is 0 Å². The van der Waals surface area contributed by atoms with Crippen LogP contribution in [0.3, 0.4) is 0 Å². The van der Waals surface area contributed by atoms with Crippen LogP contribution in [0.25, 0.3) is 5.76 Å². The molecule has 3 nitrogen and oxygen atoms in total. The van der Waals surface area contributed by atoms with Crippen molar-refractivity contribution in [3.05, 3.63) is 40.4 Å². The molecule has 0 heterocycles. The summed E-state index contributed by atoms with van der Waals surface area (Å²) < 4.78 is 5.52. The number of hydrogen-bond acceptors (Lipinski definition) is 3. The van der Waals surface area contributed by atoms with Crippen molar-refractivity contribution in [3.63, 3.8) is 0 Å². The van der Waals surface area contributed by atoms with E-state index in [1.54, 1.807) is 18.2 Å². The summed E-state index contributed by atoms with van der Waals surface area (Å²) in [7, 11) is 0. The summed E-state index contributed by atoms with van der Waals surface area (Å²) >= 11 is 5.95. The van der Waals surface area contributed by atoms with E-state index in [0.29, 0.717) is 11.3 Å². The lowest BCUT2D eigenvalue weighted by atomic mass is 9.94. The number of halogens is 1. The van der Waals surface area contributed by atoms with Crippen LogP contribution in [0.4, 0.5) is 0 Å². The van der Waals surface area contributed by atoms with Crippen LogP contribution in [-0.2, 0) is 9.53 Å². The molecule has 0 saturated heterocycles. The van der Waals surface area contributed by atoms with E-state index in [0.717, 1.165) is 0 Å². The van der Waals surface area contributed by atoms with Gasteiger partial charge in [0.2, 0.25) is 11.6 Å². The number of ether oxygens (including phenoxy) is 1. The molecule has 0 aromatic heterocycles. The van der Waals surface area contributed by atoms with E-state index in [1.165, 1.54) is 6.08 Å². The van der Waals surface area contributed by atoms with Gasteiger partial charge in [0.15, 0.2) is 0 Å². The fourth-order valence-electron chi connectivity index (χ4n) is 1.70. The predicted octanol–water partition coefficient (Wildman–Crippen LogP) is 2.87. The first-order chi connectivity index (χ1) is 8.00. The summed E-state index contributed by atoms with van der Waals surface area (Å²) in [5.74, 6) is -0.773. The molecule has 0 saturated carbocycles. The summed E-state index contributed by atoms with van der Waals surface area (Å²) in [5.41, 5.74) is 0.813. The Morgan fingerprint density at radius 3 is 2.59 bits per heavy atom. The lowest BCUT2D eigenvalue weighted by molar-refractivity contribution is -0.111. The molecule has 0 atom stereocenters. The number of carbonyl (C=O) groups excluding carboxylic acids is 2. The summed E-state index contributed by atoms with van der Waals surface area (Å²) in [4.78, 5) is 23.3. The zero-order chi connectivity index (χ0) is 12.6. The summed E-state index contributed by atoms with van der Waals surface area (Å²) in [6.07, 6.45) is 1.15. The third-order valence-electron chi connectivity index (χ3n) is 2.35. The second-order valence-electron chi connectivity index (χ2n) is 4.03. The molecule has 0 spiro atoms. The van der Waals surface area contributed by atoms with E-state index < -0.39 is 11.6 Å². The maximum Gasteiger partial charge on any atom is 0.235 e. The van der Waals surface area contributed by atoms with Gasteiger partial charge in [0.25, 0.3) is 0 Å². The lowest BCUT2D eigenvalue weighted by Crippen LogP contribution is -2.21. The standard InChI is InChI=1S/C13H11ClO3/c1-7(2)17-11-6-10(15)13(16)12-8(11)4-3-5-9(12)14/h3-7H,1-2H3. The molecule has 0 bridgehead atoms. The number of allylic oxidation sites excluding steroid dienone is 1. The molecule has 1 aliphatic carbocycles. The molecule has 0 fully saturated rings. The van der Waals surface area contributed by atoms with Crippen molar-refractivity contribution in [3.8, 4) is 0 Å². The molecule has 1 aromatic rings. The number of ketones is 2. The predicted molar refractivity (Wildman–Crippen MR) is 65.0 cm³/mol. The number of benzene rings is 1. The van der Waals surface area contributed by atoms with Crippen molar-refractivity contribution in [2.24, 2.45) is 0 Å². The maximum atomic E-state index is 11.7. The number of carbonyl (C=O) groups is 2. The van der Waals surface area contributed by atoms with Gasteiger partial charge in [0.05, 0.1) is 16.7 Å². The first kappa shape index (κ1) is 11.9. The molecule has 4 heteroatoms. The molecule has 0 N–H and O–H groups in total. The van der Waals surface area contributed by atoms with Gasteiger partial charge < -0.3 is 4.74 Å². The average Bonchev–Trinajstić information content (AvgIpc) is 2.24. The highest BCUT2D eigenvalue weighted by molar-refractivity contribution is 6.53. The third kappa shape index (κ3) is 2.11. The Bertz CT molecular complexity index is 529. The molecule has 0 aliphatic heterocycles. The van der Waals surface area contributed by atoms with Crippen LogP contribution >= 0.6 is 11.6 Å². The van der Waals surface area contributed by atoms with E-state index in [9.17, 15) is 9.59 Å². The minimum absolute atomic E-state index is 0.0749. The monoisotopic (exact) mass is 250 g/mol. The van der Waals surface area contributed by atoms with Gasteiger partial charge in [-0.3, -0.25) is 9.59 Å². The fraction of sp³-hybridized carbons (Fsp3) is 0.231. The quantitative estimate of drug-likeness (QED) is 0.758. The van der Waals surface area contributed by atoms with Gasteiger partial charge >= 0.3 is 0 Å². The molecule has 2 rings (SSSR count). The molecule has 1 aromatic carbocycles. The fourth-order valence-corrected chi connectivity index (χ4v) is 1.96. The highest BCUT2D eigenvalue weighted by Crippen LogP contribution is 2.31. The molecule has 1 aliphatic rings. The van der Waals surface area contributed by atoms with Crippen LogP contribution in [0.15, 0.2) is 24.3 Å². The lowest BCUT2D eigenvalue weighted by Gasteiger charge is -2.19. The minimum atomic E-state index is -0.596. The highest BCUT2D eigenvalue weighted by atomic mass is 35.5. The van der Waals surface area contributed by atoms with Crippen molar-refractivity contribution < 1.29 is 14.3 Å². The number of Topliss-reactive ketones (excluding diaryl/α,β-unsaturated/α-hetero) is 1. The SMILES string of the molecule is CC(C)OC1=CC(=O)C(=O)c2c(Cl)cccc21. The smallest absolute Gasteiger partial charge is 0.235 e. The van der Waals surface area contributed by atoms with Crippen molar-refractivity contribution >= 4 is 28.9 Å². The van der Waals surface area contributed by atoms with Crippen molar-refractivity contribution in [1.29, 1.82) is 0 Å². The Kier molecular flexibility index (Phi) is 3.03. The van der Waals surface area contributed by atoms with Crippen LogP contribution < -0.4 is 0 Å². The second-order valence-corrected chi connectivity index (χ2v) is 4.44. The Hall–Kier alpha value is -1.61. The zero-order valence-electron chi connectivity index (χ0n) is 9.49. The minimum Gasteiger partial charge on any atom is -0.490 e. The topological polar surface area (TPSA) is 43.4 Å². The molecule has 0 amide bonds. The Balaban J connectivity index is 2.59. The Morgan fingerprint density at radius 1 is 1.24 bits per heavy atom. The van der Waals surface area contributed by atoms with Crippen LogP contribution in [0, 0.1) is 0 Å². The summed E-state index contributed by atoms with van der Waals surface area (Å²) in [5, 5.41) is 0.277. The Morgan fingerprint density at radius 2 is 1.94 bits per heavy atom. The molecule has 0 radical (unpaired) electrons. The van der Waals surface area contributed by atoms with Gasteiger partial charge in [-0.2, -0.15) is 0 Å². The molecular weight excluding hydrogens is 240 g/mol. The van der Waals surface area contributed by atoms with Gasteiger partial charge in [-0.25, -0.2) is 0 Å². The zero-order valence-corrected chi connectivity index (χ0v) is 10.2. The van der Waals surface area contributed by atoms with E-state index in [2.05, 4.69) is 0 Å². The van der Waals surface area contributed by atoms with Crippen LogP contribution in [-0.4, -0.2) is 17.7 Å². The molecule has 88 valence electrons. The number of hydrogen-bond donors (Lipinski definition) is 0. The van der Waals surface area contributed by atoms with Gasteiger partial charge in [0.1, 0.15) is 5.76 Å².